The summed E-state index contributed by atoms with van der Waals surface area (Å²) in [4.78, 5) is 34.9. The predicted octanol–water partition coefficient (Wildman–Crippen LogP) is 2.42. The van der Waals surface area contributed by atoms with Crippen LogP contribution in [0.5, 0.6) is 0 Å². The summed E-state index contributed by atoms with van der Waals surface area (Å²) in [5.74, 6) is -2.93. The van der Waals surface area contributed by atoms with Crippen LogP contribution in [0, 0.1) is 5.92 Å². The average molecular weight is 312 g/mol. The third-order valence-corrected chi connectivity index (χ3v) is 3.99. The molecule has 0 amide bonds. The Morgan fingerprint density at radius 1 is 1.00 bits per heavy atom. The molecule has 1 fully saturated rings. The first-order chi connectivity index (χ1) is 10.5. The number of rotatable bonds is 9. The fraction of sp³-hybridized carbons (Fsp3) is 0.688. The molecule has 0 radical (unpaired) electrons. The van der Waals surface area contributed by atoms with Gasteiger partial charge in [-0.25, -0.2) is 9.59 Å². The van der Waals surface area contributed by atoms with Crippen LogP contribution < -0.4 is 0 Å². The molecule has 0 saturated heterocycles. The molecule has 0 aromatic rings. The quantitative estimate of drug-likeness (QED) is 0.501. The molecule has 1 aliphatic rings. The van der Waals surface area contributed by atoms with E-state index in [2.05, 4.69) is 0 Å². The maximum absolute atomic E-state index is 12.2. The Bertz CT molecular complexity index is 446. The van der Waals surface area contributed by atoms with Gasteiger partial charge in [-0.15, -0.1) is 0 Å². The van der Waals surface area contributed by atoms with Gasteiger partial charge in [-0.3, -0.25) is 4.79 Å². The van der Waals surface area contributed by atoms with Crippen molar-refractivity contribution in [1.29, 1.82) is 0 Å². The molecule has 0 bridgehead atoms. The molecule has 124 valence electrons. The van der Waals surface area contributed by atoms with E-state index in [0.717, 1.165) is 32.1 Å². The molecule has 0 atom stereocenters. The highest BCUT2D eigenvalue weighted by molar-refractivity contribution is 6.03. The van der Waals surface area contributed by atoms with E-state index < -0.39 is 11.9 Å². The van der Waals surface area contributed by atoms with Crippen LogP contribution in [0.4, 0.5) is 0 Å². The molecule has 2 N–H and O–H groups in total. The summed E-state index contributed by atoms with van der Waals surface area (Å²) < 4.78 is 5.09. The maximum atomic E-state index is 12.2. The van der Waals surface area contributed by atoms with Crippen LogP contribution in [-0.4, -0.2) is 41.1 Å². The van der Waals surface area contributed by atoms with Crippen LogP contribution in [0.2, 0.25) is 0 Å². The van der Waals surface area contributed by atoms with Crippen molar-refractivity contribution in [3.8, 4) is 0 Å². The summed E-state index contributed by atoms with van der Waals surface area (Å²) in [6.45, 7) is 2.33. The number of carboxylic acids is 2. The Balaban J connectivity index is 2.87. The lowest BCUT2D eigenvalue weighted by molar-refractivity contribution is -0.137. The number of carbonyl (C=O) groups is 3. The number of Topliss-reactive ketones (excluding diaryl/α,β-unsaturated/α-hetero) is 1. The Morgan fingerprint density at radius 2 is 1.59 bits per heavy atom. The lowest BCUT2D eigenvalue weighted by Gasteiger charge is -2.20. The number of carboxylic acid groups (broad SMARTS) is 2. The van der Waals surface area contributed by atoms with Gasteiger partial charge < -0.3 is 14.9 Å². The molecule has 22 heavy (non-hydrogen) atoms. The molecule has 0 unspecified atom stereocenters. The van der Waals surface area contributed by atoms with Crippen molar-refractivity contribution in [3.63, 3.8) is 0 Å². The summed E-state index contributed by atoms with van der Waals surface area (Å²) in [5, 5.41) is 18.5. The zero-order valence-corrected chi connectivity index (χ0v) is 13.0. The highest BCUT2D eigenvalue weighted by Gasteiger charge is 2.27. The lowest BCUT2D eigenvalue weighted by atomic mass is 9.83. The van der Waals surface area contributed by atoms with E-state index in [-0.39, 0.29) is 42.3 Å². The van der Waals surface area contributed by atoms with Gasteiger partial charge in [0, 0.05) is 25.4 Å². The molecule has 0 aromatic carbocycles. The number of aliphatic carboxylic acids is 2. The van der Waals surface area contributed by atoms with Gasteiger partial charge in [0.1, 0.15) is 5.78 Å². The lowest BCUT2D eigenvalue weighted by Crippen LogP contribution is -2.22. The molecule has 1 saturated carbocycles. The Hall–Kier alpha value is -1.69. The van der Waals surface area contributed by atoms with E-state index in [4.69, 9.17) is 4.74 Å². The fourth-order valence-corrected chi connectivity index (χ4v) is 2.76. The first kappa shape index (κ1) is 18.4. The Kier molecular flexibility index (Phi) is 7.80. The van der Waals surface area contributed by atoms with Crippen molar-refractivity contribution in [1.82, 2.24) is 0 Å². The number of ketones is 1. The summed E-state index contributed by atoms with van der Waals surface area (Å²) in [5.41, 5.74) is -0.534. The van der Waals surface area contributed by atoms with E-state index in [1.165, 1.54) is 0 Å². The van der Waals surface area contributed by atoms with E-state index >= 15 is 0 Å². The van der Waals surface area contributed by atoms with Gasteiger partial charge in [0.15, 0.2) is 0 Å². The molecule has 1 rings (SSSR count). The van der Waals surface area contributed by atoms with Crippen molar-refractivity contribution in [3.05, 3.63) is 11.1 Å². The zero-order valence-electron chi connectivity index (χ0n) is 13.0. The van der Waals surface area contributed by atoms with Gasteiger partial charge in [0.05, 0.1) is 17.8 Å². The monoisotopic (exact) mass is 312 g/mol. The maximum Gasteiger partial charge on any atom is 0.332 e. The topological polar surface area (TPSA) is 101 Å². The third-order valence-electron chi connectivity index (χ3n) is 3.99. The zero-order chi connectivity index (χ0) is 16.5. The van der Waals surface area contributed by atoms with Crippen molar-refractivity contribution in [2.24, 2.45) is 5.92 Å². The van der Waals surface area contributed by atoms with Crippen molar-refractivity contribution < 1.29 is 29.3 Å². The second-order valence-electron chi connectivity index (χ2n) is 5.49. The molecular weight excluding hydrogens is 288 g/mol. The second-order valence-corrected chi connectivity index (χ2v) is 5.49. The van der Waals surface area contributed by atoms with Gasteiger partial charge >= 0.3 is 11.9 Å². The predicted molar refractivity (Wildman–Crippen MR) is 79.6 cm³/mol. The number of carbonyl (C=O) groups excluding carboxylic acids is 1. The van der Waals surface area contributed by atoms with Gasteiger partial charge in [-0.2, -0.15) is 0 Å². The smallest absolute Gasteiger partial charge is 0.332 e. The minimum absolute atomic E-state index is 0.0112. The van der Waals surface area contributed by atoms with Gasteiger partial charge in [-0.1, -0.05) is 19.3 Å². The van der Waals surface area contributed by atoms with Crippen LogP contribution >= 0.6 is 0 Å². The first-order valence-corrected chi connectivity index (χ1v) is 7.76. The fourth-order valence-electron chi connectivity index (χ4n) is 2.76. The van der Waals surface area contributed by atoms with E-state index in [1.54, 1.807) is 6.92 Å². The highest BCUT2D eigenvalue weighted by atomic mass is 16.5. The number of ether oxygens (including phenoxy) is 1. The van der Waals surface area contributed by atoms with Crippen LogP contribution in [-0.2, 0) is 19.1 Å². The molecule has 0 aromatic heterocycles. The molecule has 0 heterocycles. The SMILES string of the molecule is CCOCC/C(C(=O)O)=C(/CC(=O)C1CCCCC1)C(=O)O. The molecule has 0 aliphatic heterocycles. The molecule has 0 spiro atoms. The Morgan fingerprint density at radius 3 is 2.09 bits per heavy atom. The molecular formula is C16H24O6. The molecule has 1 aliphatic carbocycles. The summed E-state index contributed by atoms with van der Waals surface area (Å²) in [6, 6.07) is 0. The number of hydrogen-bond donors (Lipinski definition) is 2. The van der Waals surface area contributed by atoms with Crippen LogP contribution in [0.15, 0.2) is 11.1 Å². The largest absolute Gasteiger partial charge is 0.478 e. The van der Waals surface area contributed by atoms with Crippen LogP contribution in [0.1, 0.15) is 51.9 Å². The third kappa shape index (κ3) is 5.60. The minimum Gasteiger partial charge on any atom is -0.478 e. The average Bonchev–Trinajstić information content (AvgIpc) is 2.50. The van der Waals surface area contributed by atoms with E-state index in [0.29, 0.717) is 6.61 Å². The summed E-state index contributed by atoms with van der Waals surface area (Å²) >= 11 is 0. The van der Waals surface area contributed by atoms with Crippen LogP contribution in [0.3, 0.4) is 0 Å². The highest BCUT2D eigenvalue weighted by Crippen LogP contribution is 2.27. The normalized spacial score (nSPS) is 17.0. The van der Waals surface area contributed by atoms with Crippen LogP contribution in [0.25, 0.3) is 0 Å². The second kappa shape index (κ2) is 9.35. The van der Waals surface area contributed by atoms with Gasteiger partial charge in [-0.05, 0) is 19.8 Å². The van der Waals surface area contributed by atoms with Gasteiger partial charge in [0.25, 0.3) is 0 Å². The van der Waals surface area contributed by atoms with Crippen molar-refractivity contribution in [2.75, 3.05) is 13.2 Å². The first-order valence-electron chi connectivity index (χ1n) is 7.76. The standard InChI is InChI=1S/C16H24O6/c1-2-22-9-8-12(15(18)19)13(16(20)21)10-14(17)11-6-4-3-5-7-11/h11H,2-10H2,1H3,(H,18,19)(H,20,21)/b13-12+. The summed E-state index contributed by atoms with van der Waals surface area (Å²) in [7, 11) is 0. The van der Waals surface area contributed by atoms with Gasteiger partial charge in [0.2, 0.25) is 0 Å². The van der Waals surface area contributed by atoms with E-state index in [9.17, 15) is 24.6 Å². The minimum atomic E-state index is -1.34. The van der Waals surface area contributed by atoms with Crippen molar-refractivity contribution >= 4 is 17.7 Å². The van der Waals surface area contributed by atoms with E-state index in [1.807, 2.05) is 0 Å². The Labute approximate surface area is 130 Å². The summed E-state index contributed by atoms with van der Waals surface area (Å²) in [6.07, 6.45) is 4.26. The molecule has 6 heteroatoms. The van der Waals surface area contributed by atoms with Crippen molar-refractivity contribution in [2.45, 2.75) is 51.9 Å². The number of hydrogen-bond acceptors (Lipinski definition) is 4. The molecule has 6 nitrogen and oxygen atoms in total.